The molecule has 1 unspecified atom stereocenters. The van der Waals surface area contributed by atoms with Gasteiger partial charge in [-0.2, -0.15) is 5.10 Å². The Morgan fingerprint density at radius 2 is 1.98 bits per heavy atom. The van der Waals surface area contributed by atoms with Crippen LogP contribution in [0.4, 0.5) is 11.4 Å². The van der Waals surface area contributed by atoms with Gasteiger partial charge >= 0.3 is 0 Å². The molecule has 2 fully saturated rings. The number of ether oxygens (including phenoxy) is 4. The maximum Gasteiger partial charge on any atom is 0.253 e. The molecule has 4 heterocycles. The lowest BCUT2D eigenvalue weighted by atomic mass is 9.94. The van der Waals surface area contributed by atoms with E-state index in [-0.39, 0.29) is 18.4 Å². The molecule has 0 aliphatic carbocycles. The molecule has 2 aromatic heterocycles. The van der Waals surface area contributed by atoms with Crippen molar-refractivity contribution in [2.24, 2.45) is 5.18 Å². The number of methoxy groups -OCH3 is 2. The number of nitrogens with one attached hydrogen (secondary N) is 1. The lowest BCUT2D eigenvalue weighted by molar-refractivity contribution is -0.169. The first-order valence-electron chi connectivity index (χ1n) is 13.1. The van der Waals surface area contributed by atoms with Crippen molar-refractivity contribution in [2.45, 2.75) is 38.0 Å². The number of carbonyl (C=O) groups is 2. The van der Waals surface area contributed by atoms with Gasteiger partial charge in [0, 0.05) is 32.2 Å². The molecular formula is C28H34N6O7. The van der Waals surface area contributed by atoms with Crippen LogP contribution in [0.25, 0.3) is 0 Å². The number of hydrogen-bond donors (Lipinski definition) is 1. The molecule has 1 aromatic carbocycles. The Morgan fingerprint density at radius 3 is 2.63 bits per heavy atom. The van der Waals surface area contributed by atoms with Gasteiger partial charge in [0.15, 0.2) is 0 Å². The number of likely N-dealkylation sites (tertiary alicyclic amines) is 1. The summed E-state index contributed by atoms with van der Waals surface area (Å²) in [7, 11) is 3.12. The lowest BCUT2D eigenvalue weighted by Crippen LogP contribution is -2.67. The number of hydrogen-bond acceptors (Lipinski definition) is 10. The second-order valence-electron chi connectivity index (χ2n) is 9.80. The van der Waals surface area contributed by atoms with Gasteiger partial charge in [-0.15, -0.1) is 4.91 Å². The van der Waals surface area contributed by atoms with Crippen LogP contribution in [-0.4, -0.2) is 83.7 Å². The third-order valence-electron chi connectivity index (χ3n) is 6.72. The highest BCUT2D eigenvalue weighted by Gasteiger charge is 2.46. The molecule has 2 amide bonds. The summed E-state index contributed by atoms with van der Waals surface area (Å²) in [5, 5.41) is 9.67. The second-order valence-corrected chi connectivity index (χ2v) is 9.80. The van der Waals surface area contributed by atoms with E-state index in [1.165, 1.54) is 41.9 Å². The zero-order chi connectivity index (χ0) is 29.2. The average molecular weight is 567 g/mol. The summed E-state index contributed by atoms with van der Waals surface area (Å²) in [6, 6.07) is 10.8. The number of amides is 2. The van der Waals surface area contributed by atoms with Crippen molar-refractivity contribution in [3.05, 3.63) is 65.5 Å². The molecule has 1 N–H and O–H groups in total. The van der Waals surface area contributed by atoms with Crippen LogP contribution in [0.1, 0.15) is 18.4 Å². The molecule has 13 heteroatoms. The van der Waals surface area contributed by atoms with E-state index in [9.17, 15) is 14.5 Å². The van der Waals surface area contributed by atoms with Crippen molar-refractivity contribution in [1.29, 1.82) is 0 Å². The van der Waals surface area contributed by atoms with E-state index >= 15 is 0 Å². The van der Waals surface area contributed by atoms with Gasteiger partial charge in [0.2, 0.25) is 11.8 Å². The quantitative estimate of drug-likeness (QED) is 0.366. The third-order valence-corrected chi connectivity index (χ3v) is 6.72. The topological polar surface area (TPSA) is 146 Å². The van der Waals surface area contributed by atoms with Crippen molar-refractivity contribution in [1.82, 2.24) is 19.7 Å². The number of nitroso groups, excluding NO2 is 1. The van der Waals surface area contributed by atoms with E-state index in [4.69, 9.17) is 18.9 Å². The van der Waals surface area contributed by atoms with Gasteiger partial charge in [0.25, 0.3) is 5.91 Å². The molecule has 0 radical (unpaired) electrons. The van der Waals surface area contributed by atoms with Gasteiger partial charge in [-0.3, -0.25) is 14.3 Å². The minimum atomic E-state index is -0.509. The number of pyridine rings is 1. The Balaban J connectivity index is 0.000000328. The van der Waals surface area contributed by atoms with E-state index in [1.807, 2.05) is 31.2 Å². The molecule has 1 atom stereocenters. The Kier molecular flexibility index (Phi) is 9.98. The van der Waals surface area contributed by atoms with Crippen molar-refractivity contribution in [3.8, 4) is 11.6 Å². The molecule has 13 nitrogen and oxygen atoms in total. The van der Waals surface area contributed by atoms with E-state index in [1.54, 1.807) is 18.2 Å². The van der Waals surface area contributed by atoms with E-state index in [0.29, 0.717) is 43.6 Å². The Morgan fingerprint density at radius 1 is 1.20 bits per heavy atom. The monoisotopic (exact) mass is 566 g/mol. The molecule has 5 rings (SSSR count). The SMILES string of the molecule is COC1(COc2ccc(C)cc2)CN(C(=O)Cn2cc(NC(=O)C3CCCO3)cn2)C1.COc1cc(N=O)ccn1. The molecule has 0 bridgehead atoms. The van der Waals surface area contributed by atoms with Crippen molar-refractivity contribution in [3.63, 3.8) is 0 Å². The van der Waals surface area contributed by atoms with Gasteiger partial charge in [0.05, 0.1) is 32.1 Å². The molecule has 3 aromatic rings. The van der Waals surface area contributed by atoms with E-state index in [0.717, 1.165) is 18.6 Å². The Hall–Kier alpha value is -4.36. The molecule has 0 saturated carbocycles. The van der Waals surface area contributed by atoms with Crippen molar-refractivity contribution in [2.75, 3.05) is 45.8 Å². The number of rotatable bonds is 10. The number of aryl methyl sites for hydroxylation is 1. The smallest absolute Gasteiger partial charge is 0.253 e. The van der Waals surface area contributed by atoms with Crippen LogP contribution in [0.15, 0.2) is 60.2 Å². The predicted molar refractivity (Wildman–Crippen MR) is 149 cm³/mol. The average Bonchev–Trinajstić information content (AvgIpc) is 3.67. The second kappa shape index (κ2) is 13.8. The van der Waals surface area contributed by atoms with Gasteiger partial charge < -0.3 is 29.2 Å². The fraction of sp³-hybridized carbons (Fsp3) is 0.429. The lowest BCUT2D eigenvalue weighted by Gasteiger charge is -2.48. The molecule has 2 aliphatic rings. The molecule has 2 aliphatic heterocycles. The van der Waals surface area contributed by atoms with Crippen LogP contribution in [0.5, 0.6) is 11.6 Å². The molecular weight excluding hydrogens is 532 g/mol. The summed E-state index contributed by atoms with van der Waals surface area (Å²) in [5.74, 6) is 0.936. The minimum Gasteiger partial charge on any atom is -0.490 e. The molecule has 218 valence electrons. The van der Waals surface area contributed by atoms with Gasteiger partial charge in [0.1, 0.15) is 36.3 Å². The van der Waals surface area contributed by atoms with Crippen LogP contribution in [0.3, 0.4) is 0 Å². The maximum atomic E-state index is 12.6. The summed E-state index contributed by atoms with van der Waals surface area (Å²) in [4.78, 5) is 40.2. The molecule has 2 saturated heterocycles. The number of carbonyl (C=O) groups excluding carboxylic acids is 2. The standard InChI is InChI=1S/C22H28N4O5.C6H6N2O2/c1-16-5-7-18(8-6-16)31-15-22(29-2)13-25(14-22)20(27)12-26-11-17(10-23-26)24-21(28)19-4-3-9-30-19;1-10-6-4-5(8-9)2-3-7-6/h5-8,10-11,19H,3-4,9,12-15H2,1-2H3,(H,24,28);2-4H,1H3. The summed E-state index contributed by atoms with van der Waals surface area (Å²) in [6.07, 6.45) is 5.86. The first-order valence-corrected chi connectivity index (χ1v) is 13.1. The first-order chi connectivity index (χ1) is 19.8. The zero-order valence-corrected chi connectivity index (χ0v) is 23.3. The van der Waals surface area contributed by atoms with Crippen molar-refractivity contribution < 1.29 is 28.5 Å². The minimum absolute atomic E-state index is 0.0666. The largest absolute Gasteiger partial charge is 0.490 e. The summed E-state index contributed by atoms with van der Waals surface area (Å²) >= 11 is 0. The van der Waals surface area contributed by atoms with Crippen LogP contribution < -0.4 is 14.8 Å². The highest BCUT2D eigenvalue weighted by atomic mass is 16.5. The van der Waals surface area contributed by atoms with Crippen LogP contribution in [0, 0.1) is 11.8 Å². The van der Waals surface area contributed by atoms with E-state index in [2.05, 4.69) is 20.6 Å². The summed E-state index contributed by atoms with van der Waals surface area (Å²) in [5.41, 5.74) is 1.54. The first kappa shape index (κ1) is 29.6. The normalized spacial score (nSPS) is 17.0. The number of aromatic nitrogens is 3. The van der Waals surface area contributed by atoms with Gasteiger partial charge in [-0.1, -0.05) is 17.7 Å². The van der Waals surface area contributed by atoms with Gasteiger partial charge in [-0.05, 0) is 43.1 Å². The van der Waals surface area contributed by atoms with Crippen molar-refractivity contribution >= 4 is 23.2 Å². The fourth-order valence-electron chi connectivity index (χ4n) is 4.28. The predicted octanol–water partition coefficient (Wildman–Crippen LogP) is 3.10. The summed E-state index contributed by atoms with van der Waals surface area (Å²) in [6.45, 7) is 4.01. The van der Waals surface area contributed by atoms with Crippen LogP contribution in [-0.2, 0) is 25.6 Å². The number of benzene rings is 1. The highest BCUT2D eigenvalue weighted by Crippen LogP contribution is 2.27. The Bertz CT molecular complexity index is 1320. The maximum absolute atomic E-state index is 12.6. The molecule has 41 heavy (non-hydrogen) atoms. The number of anilines is 1. The molecule has 0 spiro atoms. The zero-order valence-electron chi connectivity index (χ0n) is 23.3. The third kappa shape index (κ3) is 8.08. The van der Waals surface area contributed by atoms with Crippen LogP contribution in [0.2, 0.25) is 0 Å². The Labute approximate surface area is 237 Å². The van der Waals surface area contributed by atoms with E-state index < -0.39 is 11.7 Å². The summed E-state index contributed by atoms with van der Waals surface area (Å²) < 4.78 is 23.1. The highest BCUT2D eigenvalue weighted by molar-refractivity contribution is 5.94. The number of nitrogens with zero attached hydrogens (tertiary/aromatic N) is 5. The fourth-order valence-corrected chi connectivity index (χ4v) is 4.28. The van der Waals surface area contributed by atoms with Crippen LogP contribution >= 0.6 is 0 Å². The van der Waals surface area contributed by atoms with Gasteiger partial charge in [-0.25, -0.2) is 4.98 Å².